The van der Waals surface area contributed by atoms with Crippen LogP contribution in [-0.4, -0.2) is 67.9 Å². The van der Waals surface area contributed by atoms with Crippen LogP contribution in [0.25, 0.3) is 0 Å². The summed E-state index contributed by atoms with van der Waals surface area (Å²) in [6.07, 6.45) is 8.94. The Morgan fingerprint density at radius 2 is 2.07 bits per heavy atom. The Morgan fingerprint density at radius 1 is 1.21 bits per heavy atom. The fourth-order valence-electron chi connectivity index (χ4n) is 7.35. The normalized spacial score (nSPS) is 41.6. The zero-order valence-corrected chi connectivity index (χ0v) is 17.7. The number of rotatable bonds is 4. The Bertz CT molecular complexity index is 794. The zero-order valence-electron chi connectivity index (χ0n) is 17.7. The molecule has 3 aliphatic carbocycles. The van der Waals surface area contributed by atoms with Crippen LogP contribution in [-0.2, 0) is 16.6 Å². The van der Waals surface area contributed by atoms with Gasteiger partial charge in [0.1, 0.15) is 5.75 Å². The molecule has 1 aromatic rings. The van der Waals surface area contributed by atoms with Crippen molar-refractivity contribution in [2.24, 2.45) is 5.92 Å². The van der Waals surface area contributed by atoms with Gasteiger partial charge in [0.2, 0.25) is 0 Å². The van der Waals surface area contributed by atoms with Crippen LogP contribution in [0, 0.1) is 5.92 Å². The van der Waals surface area contributed by atoms with Crippen LogP contribution < -0.4 is 4.74 Å². The van der Waals surface area contributed by atoms with Crippen molar-refractivity contribution in [1.82, 2.24) is 9.80 Å². The fourth-order valence-corrected chi connectivity index (χ4v) is 7.35. The van der Waals surface area contributed by atoms with E-state index >= 15 is 0 Å². The predicted molar refractivity (Wildman–Crippen MR) is 110 cm³/mol. The Hall–Kier alpha value is -1.10. The van der Waals surface area contributed by atoms with Crippen molar-refractivity contribution in [1.29, 1.82) is 0 Å². The molecule has 28 heavy (non-hydrogen) atoms. The lowest BCUT2D eigenvalue weighted by molar-refractivity contribution is -0.277. The van der Waals surface area contributed by atoms with Gasteiger partial charge in [0, 0.05) is 23.5 Å². The average Bonchev–Trinajstić information content (AvgIpc) is 3.53. The van der Waals surface area contributed by atoms with Gasteiger partial charge in [-0.05, 0) is 94.8 Å². The Morgan fingerprint density at radius 3 is 2.75 bits per heavy atom. The molecule has 4 bridgehead atoms. The summed E-state index contributed by atoms with van der Waals surface area (Å²) in [5, 5.41) is 0. The van der Waals surface area contributed by atoms with Crippen LogP contribution in [0.4, 0.5) is 0 Å². The summed E-state index contributed by atoms with van der Waals surface area (Å²) < 4.78 is 12.7. The van der Waals surface area contributed by atoms with E-state index in [-0.39, 0.29) is 16.6 Å². The molecule has 1 aromatic carbocycles. The van der Waals surface area contributed by atoms with E-state index in [2.05, 4.69) is 42.1 Å². The molecule has 2 saturated carbocycles. The maximum absolute atomic E-state index is 7.03. The first-order chi connectivity index (χ1) is 13.5. The highest BCUT2D eigenvalue weighted by Gasteiger charge is 2.71. The Balaban J connectivity index is 1.51. The monoisotopic (exact) mass is 382 g/mol. The van der Waals surface area contributed by atoms with E-state index in [1.807, 2.05) is 0 Å². The van der Waals surface area contributed by atoms with Crippen molar-refractivity contribution in [3.05, 3.63) is 29.3 Å². The van der Waals surface area contributed by atoms with Gasteiger partial charge in [-0.25, -0.2) is 0 Å². The summed E-state index contributed by atoms with van der Waals surface area (Å²) in [5.41, 5.74) is 3.40. The third-order valence-corrected chi connectivity index (χ3v) is 9.19. The van der Waals surface area contributed by atoms with Crippen LogP contribution in [0.2, 0.25) is 0 Å². The van der Waals surface area contributed by atoms with Gasteiger partial charge in [0.25, 0.3) is 0 Å². The first-order valence-corrected chi connectivity index (χ1v) is 11.2. The highest BCUT2D eigenvalue weighted by Crippen LogP contribution is 2.65. The van der Waals surface area contributed by atoms with E-state index < -0.39 is 0 Å². The molecule has 0 radical (unpaired) electrons. The van der Waals surface area contributed by atoms with E-state index in [0.29, 0.717) is 6.04 Å². The molecule has 3 saturated heterocycles. The van der Waals surface area contributed by atoms with Gasteiger partial charge >= 0.3 is 0 Å². The molecular weight excluding hydrogens is 348 g/mol. The minimum atomic E-state index is -0.00271. The smallest absolute Gasteiger partial charge is 0.119 e. The third-order valence-electron chi connectivity index (χ3n) is 9.19. The molecular formula is C24H34N2O2. The van der Waals surface area contributed by atoms with Crippen molar-refractivity contribution < 1.29 is 9.47 Å². The van der Waals surface area contributed by atoms with Gasteiger partial charge in [-0.15, -0.1) is 0 Å². The van der Waals surface area contributed by atoms with Crippen molar-refractivity contribution in [2.45, 2.75) is 67.5 Å². The van der Waals surface area contributed by atoms with E-state index in [4.69, 9.17) is 9.47 Å². The minimum absolute atomic E-state index is 0.00271. The second kappa shape index (κ2) is 5.74. The second-order valence-electron chi connectivity index (χ2n) is 10.5. The summed E-state index contributed by atoms with van der Waals surface area (Å²) in [6.45, 7) is 3.41. The van der Waals surface area contributed by atoms with Crippen LogP contribution in [0.3, 0.4) is 0 Å². The highest BCUT2D eigenvalue weighted by molar-refractivity contribution is 5.50. The molecule has 7 rings (SSSR count). The van der Waals surface area contributed by atoms with Crippen LogP contribution >= 0.6 is 0 Å². The van der Waals surface area contributed by atoms with Gasteiger partial charge in [0.15, 0.2) is 0 Å². The maximum atomic E-state index is 7.03. The Labute approximate surface area is 169 Å². The van der Waals surface area contributed by atoms with Gasteiger partial charge < -0.3 is 14.4 Å². The molecule has 152 valence electrons. The van der Waals surface area contributed by atoms with Crippen molar-refractivity contribution in [3.63, 3.8) is 0 Å². The number of fused-ring (bicyclic) bond motifs is 3. The lowest BCUT2D eigenvalue weighted by atomic mass is 9.45. The number of ether oxygens (including phenoxy) is 2. The van der Waals surface area contributed by atoms with E-state index in [1.165, 1.54) is 51.6 Å². The summed E-state index contributed by atoms with van der Waals surface area (Å²) >= 11 is 0. The molecule has 3 aliphatic heterocycles. The molecule has 4 atom stereocenters. The summed E-state index contributed by atoms with van der Waals surface area (Å²) in [7, 11) is 6.31. The number of hydrogen-bond donors (Lipinski definition) is 0. The Kier molecular flexibility index (Phi) is 3.63. The van der Waals surface area contributed by atoms with Crippen LogP contribution in [0.15, 0.2) is 18.2 Å². The lowest BCUT2D eigenvalue weighted by Gasteiger charge is -2.72. The van der Waals surface area contributed by atoms with Crippen LogP contribution in [0.5, 0.6) is 5.75 Å². The predicted octanol–water partition coefficient (Wildman–Crippen LogP) is 3.23. The zero-order chi connectivity index (χ0) is 19.1. The van der Waals surface area contributed by atoms with E-state index in [0.717, 1.165) is 24.7 Å². The molecule has 0 N–H and O–H groups in total. The number of benzene rings is 1. The summed E-state index contributed by atoms with van der Waals surface area (Å²) in [6, 6.07) is 7.42. The minimum Gasteiger partial charge on any atom is -0.497 e. The van der Waals surface area contributed by atoms with Gasteiger partial charge in [0.05, 0.1) is 19.3 Å². The van der Waals surface area contributed by atoms with Crippen molar-refractivity contribution >= 4 is 0 Å². The second-order valence-corrected chi connectivity index (χ2v) is 10.5. The molecule has 5 fully saturated rings. The number of likely N-dealkylation sites (tertiary alicyclic amines) is 1. The largest absolute Gasteiger partial charge is 0.497 e. The van der Waals surface area contributed by atoms with E-state index in [9.17, 15) is 0 Å². The summed E-state index contributed by atoms with van der Waals surface area (Å²) in [4.78, 5) is 5.29. The molecule has 4 heteroatoms. The molecule has 6 aliphatic rings. The number of nitrogens with zero attached hydrogens (tertiary/aromatic N) is 2. The number of hydrogen-bond acceptors (Lipinski definition) is 4. The molecule has 4 nitrogen and oxygen atoms in total. The van der Waals surface area contributed by atoms with Gasteiger partial charge in [-0.1, -0.05) is 6.07 Å². The number of likely N-dealkylation sites (N-methyl/N-ethyl adjacent to an activating group) is 1. The third kappa shape index (κ3) is 2.12. The quantitative estimate of drug-likeness (QED) is 0.798. The van der Waals surface area contributed by atoms with Crippen LogP contribution in [0.1, 0.15) is 49.7 Å². The fraction of sp³-hybridized carbons (Fsp3) is 0.750. The van der Waals surface area contributed by atoms with Crippen molar-refractivity contribution in [2.75, 3.05) is 40.9 Å². The average molecular weight is 383 g/mol. The van der Waals surface area contributed by atoms with Gasteiger partial charge in [-0.2, -0.15) is 0 Å². The molecule has 2 unspecified atom stereocenters. The standard InChI is InChI=1S/C24H34N2O2/c1-25(2)22-8-9-24(28-16-22)21-12-18-6-7-19(27-3)13-20(18)23(24,15-22)10-11-26(21)14-17-4-5-17/h6-7,13,17,21H,4-5,8-12,14-16H2,1-3H3/t21-,22?,23?,24-/m1/s1. The SMILES string of the molecule is COc1ccc2c(c1)C13CCN(CC4CC4)[C@H](C2)[C@]12CCC(N(C)C)(CO2)C3. The van der Waals surface area contributed by atoms with Gasteiger partial charge in [-0.3, -0.25) is 4.90 Å². The molecule has 0 amide bonds. The summed E-state index contributed by atoms with van der Waals surface area (Å²) in [5.74, 6) is 1.94. The molecule has 1 spiro atoms. The first-order valence-electron chi connectivity index (χ1n) is 11.2. The van der Waals surface area contributed by atoms with Crippen molar-refractivity contribution in [3.8, 4) is 5.75 Å². The molecule has 0 aromatic heterocycles. The molecule has 3 heterocycles. The highest BCUT2D eigenvalue weighted by atomic mass is 16.5. The maximum Gasteiger partial charge on any atom is 0.119 e. The topological polar surface area (TPSA) is 24.9 Å². The lowest BCUT2D eigenvalue weighted by Crippen LogP contribution is -2.81. The van der Waals surface area contributed by atoms with E-state index in [1.54, 1.807) is 18.2 Å². The number of methoxy groups -OCH3 is 1. The first kappa shape index (κ1) is 17.7. The number of piperidine rings is 1.